The van der Waals surface area contributed by atoms with E-state index in [1.165, 1.54) is 20.2 Å². The summed E-state index contributed by atoms with van der Waals surface area (Å²) < 4.78 is 5.91. The number of hydrogen-bond acceptors (Lipinski definition) is 6. The quantitative estimate of drug-likeness (QED) is 0.791. The number of nitrogens with one attached hydrogen (secondary N) is 1. The second-order valence-corrected chi connectivity index (χ2v) is 7.11. The molecule has 1 aliphatic rings. The lowest BCUT2D eigenvalue weighted by molar-refractivity contribution is -0.146. The van der Waals surface area contributed by atoms with Crippen LogP contribution in [0.2, 0.25) is 0 Å². The fraction of sp³-hybridized carbons (Fsp3) is 0.381. The Hall–Kier alpha value is -3.47. The van der Waals surface area contributed by atoms with Crippen molar-refractivity contribution in [1.82, 2.24) is 15.1 Å². The molecule has 8 nitrogen and oxygen atoms in total. The van der Waals surface area contributed by atoms with E-state index in [0.29, 0.717) is 42.5 Å². The molecule has 0 radical (unpaired) electrons. The Morgan fingerprint density at radius 3 is 2.45 bits per heavy atom. The van der Waals surface area contributed by atoms with E-state index >= 15 is 0 Å². The number of carbonyl (C=O) groups is 2. The zero-order valence-corrected chi connectivity index (χ0v) is 16.3. The van der Waals surface area contributed by atoms with Crippen molar-refractivity contribution in [2.75, 3.05) is 7.11 Å². The molecular weight excluding hydrogens is 372 g/mol. The lowest BCUT2D eigenvalue weighted by Crippen LogP contribution is -2.41. The maximum atomic E-state index is 12.8. The molecule has 1 saturated carbocycles. The minimum absolute atomic E-state index is 0.0111. The summed E-state index contributed by atoms with van der Waals surface area (Å²) in [6.45, 7) is 0. The third-order valence-corrected chi connectivity index (χ3v) is 5.21. The molecular formula is C21H22N4O4. The van der Waals surface area contributed by atoms with Gasteiger partial charge in [0.2, 0.25) is 0 Å². The molecule has 1 amide bonds. The van der Waals surface area contributed by atoms with E-state index in [0.717, 1.165) is 4.68 Å². The topological polar surface area (TPSA) is 114 Å². The van der Waals surface area contributed by atoms with Crippen LogP contribution in [-0.4, -0.2) is 34.8 Å². The molecule has 1 aliphatic carbocycles. The van der Waals surface area contributed by atoms with Gasteiger partial charge in [-0.25, -0.2) is 4.68 Å². The number of aromatic nitrogens is 2. The molecule has 0 saturated heterocycles. The van der Waals surface area contributed by atoms with Gasteiger partial charge in [-0.15, -0.1) is 0 Å². The minimum atomic E-state index is -0.483. The molecule has 8 heteroatoms. The van der Waals surface area contributed by atoms with Gasteiger partial charge in [0.15, 0.2) is 0 Å². The van der Waals surface area contributed by atoms with Gasteiger partial charge in [0.05, 0.1) is 30.4 Å². The third-order valence-electron chi connectivity index (χ3n) is 5.21. The van der Waals surface area contributed by atoms with Crippen LogP contribution in [0.3, 0.4) is 0 Å². The summed E-state index contributed by atoms with van der Waals surface area (Å²) in [4.78, 5) is 36.8. The molecule has 150 valence electrons. The molecule has 0 atom stereocenters. The number of ether oxygens (including phenoxy) is 1. The van der Waals surface area contributed by atoms with E-state index in [9.17, 15) is 14.4 Å². The van der Waals surface area contributed by atoms with Crippen molar-refractivity contribution in [3.8, 4) is 17.3 Å². The van der Waals surface area contributed by atoms with Gasteiger partial charge in [0.25, 0.3) is 11.5 Å². The predicted molar refractivity (Wildman–Crippen MR) is 105 cm³/mol. The molecule has 1 N–H and O–H groups in total. The van der Waals surface area contributed by atoms with Crippen molar-refractivity contribution in [3.63, 3.8) is 0 Å². The fourth-order valence-electron chi connectivity index (χ4n) is 3.53. The van der Waals surface area contributed by atoms with Crippen molar-refractivity contribution >= 4 is 11.9 Å². The first kappa shape index (κ1) is 20.3. The predicted octanol–water partition coefficient (Wildman–Crippen LogP) is 1.78. The average molecular weight is 394 g/mol. The van der Waals surface area contributed by atoms with Crippen molar-refractivity contribution in [2.24, 2.45) is 13.0 Å². The van der Waals surface area contributed by atoms with Gasteiger partial charge in [0, 0.05) is 18.7 Å². The number of methoxy groups -OCH3 is 1. The van der Waals surface area contributed by atoms with Gasteiger partial charge in [-0.05, 0) is 43.9 Å². The molecule has 0 bridgehead atoms. The SMILES string of the molecule is COC(=O)[C@H]1CC[C@H](NC(=O)c2cc(-c3ccc(C#N)cc3)nn(C)c2=O)CC1. The number of nitriles is 1. The highest BCUT2D eigenvalue weighted by atomic mass is 16.5. The number of hydrogen-bond donors (Lipinski definition) is 1. The molecule has 0 unspecified atom stereocenters. The van der Waals surface area contributed by atoms with Crippen LogP contribution in [0.25, 0.3) is 11.3 Å². The van der Waals surface area contributed by atoms with Crippen molar-refractivity contribution in [3.05, 3.63) is 51.8 Å². The van der Waals surface area contributed by atoms with Crippen LogP contribution in [0.15, 0.2) is 35.1 Å². The lowest BCUT2D eigenvalue weighted by atomic mass is 9.86. The molecule has 1 aromatic heterocycles. The molecule has 3 rings (SSSR count). The van der Waals surface area contributed by atoms with Gasteiger partial charge < -0.3 is 10.1 Å². The summed E-state index contributed by atoms with van der Waals surface area (Å²) in [6.07, 6.45) is 2.59. The maximum absolute atomic E-state index is 12.8. The van der Waals surface area contributed by atoms with Crippen LogP contribution >= 0.6 is 0 Å². The maximum Gasteiger partial charge on any atom is 0.308 e. The molecule has 1 heterocycles. The Bertz CT molecular complexity index is 1010. The monoisotopic (exact) mass is 394 g/mol. The normalized spacial score (nSPS) is 18.5. The van der Waals surface area contributed by atoms with Gasteiger partial charge >= 0.3 is 5.97 Å². The van der Waals surface area contributed by atoms with Gasteiger partial charge in [-0.1, -0.05) is 12.1 Å². The molecule has 1 fully saturated rings. The number of nitrogens with zero attached hydrogens (tertiary/aromatic N) is 3. The highest BCUT2D eigenvalue weighted by Gasteiger charge is 2.28. The van der Waals surface area contributed by atoms with Crippen LogP contribution in [-0.2, 0) is 16.6 Å². The average Bonchev–Trinajstić information content (AvgIpc) is 2.75. The van der Waals surface area contributed by atoms with Crippen LogP contribution in [0.1, 0.15) is 41.6 Å². The molecule has 0 aliphatic heterocycles. The Morgan fingerprint density at radius 2 is 1.86 bits per heavy atom. The first-order valence-electron chi connectivity index (χ1n) is 9.40. The van der Waals surface area contributed by atoms with Crippen molar-refractivity contribution in [1.29, 1.82) is 5.26 Å². The highest BCUT2D eigenvalue weighted by Crippen LogP contribution is 2.25. The smallest absolute Gasteiger partial charge is 0.308 e. The largest absolute Gasteiger partial charge is 0.469 e. The van der Waals surface area contributed by atoms with E-state index in [1.54, 1.807) is 24.3 Å². The minimum Gasteiger partial charge on any atom is -0.469 e. The summed E-state index contributed by atoms with van der Waals surface area (Å²) in [5.41, 5.74) is 1.21. The number of benzene rings is 1. The Balaban J connectivity index is 1.77. The van der Waals surface area contributed by atoms with Gasteiger partial charge in [-0.3, -0.25) is 14.4 Å². The van der Waals surface area contributed by atoms with E-state index in [2.05, 4.69) is 10.4 Å². The molecule has 29 heavy (non-hydrogen) atoms. The second kappa shape index (κ2) is 8.69. The number of esters is 1. The van der Waals surface area contributed by atoms with E-state index in [-0.39, 0.29) is 23.5 Å². The summed E-state index contributed by atoms with van der Waals surface area (Å²) in [5, 5.41) is 16.0. The van der Waals surface area contributed by atoms with Gasteiger partial charge in [-0.2, -0.15) is 10.4 Å². The number of aryl methyl sites for hydroxylation is 1. The zero-order chi connectivity index (χ0) is 21.0. The second-order valence-electron chi connectivity index (χ2n) is 7.11. The summed E-state index contributed by atoms with van der Waals surface area (Å²) >= 11 is 0. The zero-order valence-electron chi connectivity index (χ0n) is 16.3. The van der Waals surface area contributed by atoms with Crippen molar-refractivity contribution < 1.29 is 14.3 Å². The van der Waals surface area contributed by atoms with Crippen molar-refractivity contribution in [2.45, 2.75) is 31.7 Å². The number of amides is 1. The van der Waals surface area contributed by atoms with Gasteiger partial charge in [0.1, 0.15) is 5.56 Å². The first-order chi connectivity index (χ1) is 13.9. The Morgan fingerprint density at radius 1 is 1.21 bits per heavy atom. The number of rotatable bonds is 4. The van der Waals surface area contributed by atoms with E-state index < -0.39 is 11.5 Å². The third kappa shape index (κ3) is 4.51. The van der Waals surface area contributed by atoms with E-state index in [1.807, 2.05) is 6.07 Å². The summed E-state index contributed by atoms with van der Waals surface area (Å²) in [7, 11) is 2.87. The Labute approximate surface area is 168 Å². The molecule has 0 spiro atoms. The first-order valence-corrected chi connectivity index (χ1v) is 9.40. The van der Waals surface area contributed by atoms with Crippen LogP contribution in [0.4, 0.5) is 0 Å². The van der Waals surface area contributed by atoms with Crippen LogP contribution in [0, 0.1) is 17.2 Å². The summed E-state index contributed by atoms with van der Waals surface area (Å²) in [6, 6.07) is 10.2. The lowest BCUT2D eigenvalue weighted by Gasteiger charge is -2.27. The standard InChI is InChI=1S/C21H22N4O4/c1-25-20(27)17(11-18(24-25)14-5-3-13(12-22)4-6-14)19(26)23-16-9-7-15(8-10-16)21(28)29-2/h3-6,11,15-16H,7-10H2,1-2H3,(H,23,26)/t15-,16-. The molecule has 2 aromatic rings. The highest BCUT2D eigenvalue weighted by molar-refractivity contribution is 5.95. The van der Waals surface area contributed by atoms with E-state index in [4.69, 9.17) is 10.00 Å². The molecule has 1 aromatic carbocycles. The van der Waals surface area contributed by atoms with Crippen LogP contribution in [0.5, 0.6) is 0 Å². The Kier molecular flexibility index (Phi) is 6.07. The fourth-order valence-corrected chi connectivity index (χ4v) is 3.53. The number of carbonyl (C=O) groups excluding carboxylic acids is 2. The summed E-state index contributed by atoms with van der Waals surface area (Å²) in [5.74, 6) is -0.806. The van der Waals surface area contributed by atoms with Crippen LogP contribution < -0.4 is 10.9 Å².